The number of hydrogen-bond acceptors (Lipinski definition) is 8. The van der Waals surface area contributed by atoms with Crippen molar-refractivity contribution in [2.45, 2.75) is 38.6 Å². The first-order valence-electron chi connectivity index (χ1n) is 15.4. The normalized spacial score (nSPS) is 15.6. The van der Waals surface area contributed by atoms with Gasteiger partial charge in [0.15, 0.2) is 5.78 Å². The van der Waals surface area contributed by atoms with Gasteiger partial charge in [0, 0.05) is 69.5 Å². The molecule has 1 aliphatic heterocycles. The van der Waals surface area contributed by atoms with Gasteiger partial charge in [0.2, 0.25) is 11.9 Å². The summed E-state index contributed by atoms with van der Waals surface area (Å²) in [4.78, 5) is 57.7. The van der Waals surface area contributed by atoms with Crippen LogP contribution in [0.25, 0.3) is 11.0 Å². The van der Waals surface area contributed by atoms with E-state index in [-0.39, 0.29) is 23.6 Å². The molecule has 1 N–H and O–H groups in total. The second-order valence-corrected chi connectivity index (χ2v) is 11.9. The molecule has 0 radical (unpaired) electrons. The zero-order chi connectivity index (χ0) is 31.5. The van der Waals surface area contributed by atoms with Crippen LogP contribution in [-0.4, -0.2) is 87.2 Å². The lowest BCUT2D eigenvalue weighted by Crippen LogP contribution is -2.48. The number of anilines is 3. The van der Waals surface area contributed by atoms with Crippen molar-refractivity contribution in [3.63, 3.8) is 0 Å². The average molecular weight is 607 g/mol. The van der Waals surface area contributed by atoms with E-state index >= 15 is 0 Å². The molecule has 4 heterocycles. The second-order valence-electron chi connectivity index (χ2n) is 11.9. The topological polar surface area (TPSA) is 117 Å². The first-order valence-corrected chi connectivity index (χ1v) is 15.4. The Morgan fingerprint density at radius 3 is 2.38 bits per heavy atom. The third-order valence-electron chi connectivity index (χ3n) is 8.62. The summed E-state index contributed by atoms with van der Waals surface area (Å²) in [5, 5.41) is 4.06. The summed E-state index contributed by atoms with van der Waals surface area (Å²) in [7, 11) is 3.53. The van der Waals surface area contributed by atoms with Crippen molar-refractivity contribution in [1.29, 1.82) is 0 Å². The predicted molar refractivity (Wildman–Crippen MR) is 174 cm³/mol. The Hall–Kier alpha value is -5.06. The number of benzene rings is 1. The fourth-order valence-corrected chi connectivity index (χ4v) is 6.13. The van der Waals surface area contributed by atoms with Crippen LogP contribution in [0.15, 0.2) is 67.0 Å². The van der Waals surface area contributed by atoms with Gasteiger partial charge in [-0.1, -0.05) is 37.1 Å². The number of hydrogen-bond donors (Lipinski definition) is 1. The largest absolute Gasteiger partial charge is 0.367 e. The third-order valence-corrected chi connectivity index (χ3v) is 8.62. The van der Waals surface area contributed by atoms with E-state index in [1.165, 1.54) is 12.2 Å². The van der Waals surface area contributed by atoms with Crippen molar-refractivity contribution in [3.8, 4) is 0 Å². The molecule has 4 aromatic rings. The van der Waals surface area contributed by atoms with Crippen LogP contribution in [0.1, 0.15) is 58.1 Å². The summed E-state index contributed by atoms with van der Waals surface area (Å²) in [6.07, 6.45) is 10.6. The second kappa shape index (κ2) is 12.9. The van der Waals surface area contributed by atoms with E-state index in [1.807, 2.05) is 43.3 Å². The Balaban J connectivity index is 1.08. The fraction of sp³-hybridized carbons (Fsp3) is 0.353. The molecule has 1 aliphatic carbocycles. The number of aryl methyl sites for hydroxylation is 1. The van der Waals surface area contributed by atoms with Crippen molar-refractivity contribution in [2.75, 3.05) is 50.5 Å². The predicted octanol–water partition coefficient (Wildman–Crippen LogP) is 4.78. The Morgan fingerprint density at radius 2 is 1.69 bits per heavy atom. The molecule has 45 heavy (non-hydrogen) atoms. The van der Waals surface area contributed by atoms with Gasteiger partial charge in [0.1, 0.15) is 17.2 Å². The number of rotatable bonds is 8. The molecule has 0 spiro atoms. The molecule has 1 aromatic carbocycles. The fourth-order valence-electron chi connectivity index (χ4n) is 6.13. The maximum Gasteiger partial charge on any atom is 0.270 e. The highest BCUT2D eigenvalue weighted by molar-refractivity contribution is 6.08. The van der Waals surface area contributed by atoms with E-state index in [0.29, 0.717) is 49.2 Å². The van der Waals surface area contributed by atoms with Gasteiger partial charge in [-0.25, -0.2) is 9.97 Å². The van der Waals surface area contributed by atoms with Crippen molar-refractivity contribution in [1.82, 2.24) is 29.3 Å². The van der Waals surface area contributed by atoms with E-state index in [4.69, 9.17) is 4.98 Å². The maximum atomic E-state index is 13.0. The van der Waals surface area contributed by atoms with Crippen LogP contribution < -0.4 is 10.2 Å². The monoisotopic (exact) mass is 606 g/mol. The van der Waals surface area contributed by atoms with E-state index in [0.717, 1.165) is 48.0 Å². The van der Waals surface area contributed by atoms with Crippen LogP contribution >= 0.6 is 0 Å². The Kier molecular flexibility index (Phi) is 8.59. The lowest BCUT2D eigenvalue weighted by molar-refractivity contribution is -0.126. The number of carbonyl (C=O) groups is 3. The zero-order valence-corrected chi connectivity index (χ0v) is 25.9. The molecule has 11 nitrogen and oxygen atoms in total. The van der Waals surface area contributed by atoms with Gasteiger partial charge in [-0.05, 0) is 49.6 Å². The van der Waals surface area contributed by atoms with E-state index in [2.05, 4.69) is 24.8 Å². The van der Waals surface area contributed by atoms with E-state index < -0.39 is 0 Å². The lowest BCUT2D eigenvalue weighted by Gasteiger charge is -2.35. The maximum absolute atomic E-state index is 13.0. The van der Waals surface area contributed by atoms with Gasteiger partial charge in [0.25, 0.3) is 5.91 Å². The van der Waals surface area contributed by atoms with E-state index in [9.17, 15) is 14.4 Å². The summed E-state index contributed by atoms with van der Waals surface area (Å²) in [5.74, 6) is 0.658. The summed E-state index contributed by atoms with van der Waals surface area (Å²) < 4.78 is 2.09. The van der Waals surface area contributed by atoms with Crippen molar-refractivity contribution in [2.24, 2.45) is 0 Å². The molecule has 1 saturated carbocycles. The van der Waals surface area contributed by atoms with Crippen LogP contribution in [0, 0.1) is 6.92 Å². The van der Waals surface area contributed by atoms with Gasteiger partial charge < -0.3 is 24.6 Å². The molecule has 2 aliphatic rings. The van der Waals surface area contributed by atoms with Gasteiger partial charge >= 0.3 is 0 Å². The number of aromatic nitrogens is 4. The number of fused-ring (bicyclic) bond motifs is 1. The minimum Gasteiger partial charge on any atom is -0.367 e. The molecule has 2 fully saturated rings. The third kappa shape index (κ3) is 6.43. The standard InChI is InChI=1S/C34H38N8O3/c1-23-8-4-7-11-27(23)29(43)13-15-31(44)41-18-16-40(17-19-41)26-12-14-30(35-22-26)37-34-36-21-24-20-28(33(45)39(2)3)42(32(24)38-34)25-9-5-6-10-25/h4,7-8,11-15,20-22,25H,5-6,9-10,16-19H2,1-3H3,(H,35,36,37,38)/b15-13+. The molecule has 11 heteroatoms. The summed E-state index contributed by atoms with van der Waals surface area (Å²) >= 11 is 0. The molecule has 2 amide bonds. The summed E-state index contributed by atoms with van der Waals surface area (Å²) in [6, 6.07) is 13.4. The molecular formula is C34H38N8O3. The van der Waals surface area contributed by atoms with Crippen molar-refractivity contribution < 1.29 is 14.4 Å². The first-order chi connectivity index (χ1) is 21.8. The van der Waals surface area contributed by atoms with Gasteiger partial charge in [-0.3, -0.25) is 14.4 Å². The molecule has 0 unspecified atom stereocenters. The van der Waals surface area contributed by atoms with E-state index in [1.54, 1.807) is 42.4 Å². The Bertz CT molecular complexity index is 1750. The smallest absolute Gasteiger partial charge is 0.270 e. The van der Waals surface area contributed by atoms with Gasteiger partial charge in [0.05, 0.1) is 11.9 Å². The van der Waals surface area contributed by atoms with Crippen LogP contribution in [0.2, 0.25) is 0 Å². The highest BCUT2D eigenvalue weighted by Crippen LogP contribution is 2.35. The molecule has 0 atom stereocenters. The molecule has 232 valence electrons. The lowest BCUT2D eigenvalue weighted by atomic mass is 10.0. The van der Waals surface area contributed by atoms with Crippen molar-refractivity contribution >= 4 is 46.1 Å². The van der Waals surface area contributed by atoms with Crippen LogP contribution in [0.3, 0.4) is 0 Å². The summed E-state index contributed by atoms with van der Waals surface area (Å²) in [6.45, 7) is 4.30. The minimum absolute atomic E-state index is 0.0402. The SMILES string of the molecule is Cc1ccccc1C(=O)/C=C/C(=O)N1CCN(c2ccc(Nc3ncc4cc(C(=O)N(C)C)n(C5CCCC5)c4n3)nc2)CC1. The quantitative estimate of drug-likeness (QED) is 0.225. The highest BCUT2D eigenvalue weighted by atomic mass is 16.2. The number of carbonyl (C=O) groups excluding carboxylic acids is 3. The molecule has 3 aromatic heterocycles. The molecular weight excluding hydrogens is 568 g/mol. The highest BCUT2D eigenvalue weighted by Gasteiger charge is 2.27. The van der Waals surface area contributed by atoms with Crippen LogP contribution in [-0.2, 0) is 4.79 Å². The molecule has 0 bridgehead atoms. The minimum atomic E-state index is -0.169. The van der Waals surface area contributed by atoms with Crippen LogP contribution in [0.5, 0.6) is 0 Å². The van der Waals surface area contributed by atoms with Gasteiger partial charge in [-0.2, -0.15) is 4.98 Å². The Labute approximate surface area is 262 Å². The molecule has 1 saturated heterocycles. The first kappa shape index (κ1) is 30.0. The van der Waals surface area contributed by atoms with Crippen molar-refractivity contribution in [3.05, 3.63) is 83.8 Å². The number of nitrogens with zero attached hydrogens (tertiary/aromatic N) is 7. The molecule has 6 rings (SSSR count). The number of ketones is 1. The summed E-state index contributed by atoms with van der Waals surface area (Å²) in [5.41, 5.74) is 3.84. The number of pyridine rings is 1. The number of piperazine rings is 1. The Morgan fingerprint density at radius 1 is 0.933 bits per heavy atom. The zero-order valence-electron chi connectivity index (χ0n) is 25.9. The number of nitrogens with one attached hydrogen (secondary N) is 1. The number of amides is 2. The van der Waals surface area contributed by atoms with Crippen LogP contribution in [0.4, 0.5) is 17.5 Å². The van der Waals surface area contributed by atoms with Gasteiger partial charge in [-0.15, -0.1) is 0 Å². The number of allylic oxidation sites excluding steroid dienone is 1. The average Bonchev–Trinajstić information content (AvgIpc) is 3.72.